The van der Waals surface area contributed by atoms with Crippen LogP contribution in [0.4, 0.5) is 0 Å². The second-order valence-electron chi connectivity index (χ2n) is 6.70. The molecule has 1 aliphatic heterocycles. The van der Waals surface area contributed by atoms with Gasteiger partial charge in [-0.1, -0.05) is 5.92 Å². The molecule has 1 heterocycles. The fourth-order valence-corrected chi connectivity index (χ4v) is 3.98. The third kappa shape index (κ3) is 5.47. The maximum atomic E-state index is 12.9. The molecule has 1 saturated heterocycles. The standard InChI is InChI=1S/C19H26N4O5S/c1-5-8-20-18(24)14-22-9-11-23(12-10-22)19(25)15-6-7-16(28-4)17(13-15)29(26,27)21(2)3/h1,6-7,13H,8-12,14H2,2-4H3,(H,20,24). The first kappa shape index (κ1) is 22.7. The second-order valence-corrected chi connectivity index (χ2v) is 8.82. The third-order valence-electron chi connectivity index (χ3n) is 4.58. The fourth-order valence-electron chi connectivity index (χ4n) is 2.91. The van der Waals surface area contributed by atoms with Gasteiger partial charge in [0.05, 0.1) is 20.2 Å². The van der Waals surface area contributed by atoms with E-state index in [9.17, 15) is 18.0 Å². The van der Waals surface area contributed by atoms with Crippen molar-refractivity contribution in [3.8, 4) is 18.1 Å². The number of methoxy groups -OCH3 is 1. The van der Waals surface area contributed by atoms with Gasteiger partial charge in [0.25, 0.3) is 5.91 Å². The van der Waals surface area contributed by atoms with Gasteiger partial charge in [-0.25, -0.2) is 12.7 Å². The predicted octanol–water partition coefficient (Wildman–Crippen LogP) is -0.547. The highest BCUT2D eigenvalue weighted by Crippen LogP contribution is 2.27. The number of amides is 2. The van der Waals surface area contributed by atoms with Gasteiger partial charge >= 0.3 is 0 Å². The highest BCUT2D eigenvalue weighted by Gasteiger charge is 2.27. The second kappa shape index (κ2) is 9.73. The number of benzene rings is 1. The number of rotatable bonds is 7. The Bertz CT molecular complexity index is 900. The molecule has 0 aromatic heterocycles. The highest BCUT2D eigenvalue weighted by molar-refractivity contribution is 7.89. The highest BCUT2D eigenvalue weighted by atomic mass is 32.2. The summed E-state index contributed by atoms with van der Waals surface area (Å²) in [7, 11) is 0.452. The first-order chi connectivity index (χ1) is 13.7. The number of hydrogen-bond acceptors (Lipinski definition) is 6. The SMILES string of the molecule is C#CCNC(=O)CN1CCN(C(=O)c2ccc(OC)c(S(=O)(=O)N(C)C)c2)CC1. The lowest BCUT2D eigenvalue weighted by atomic mass is 10.1. The molecule has 1 aromatic carbocycles. The van der Waals surface area contributed by atoms with E-state index in [0.29, 0.717) is 26.2 Å². The van der Waals surface area contributed by atoms with Gasteiger partial charge in [-0.05, 0) is 18.2 Å². The van der Waals surface area contributed by atoms with Gasteiger partial charge in [-0.3, -0.25) is 14.5 Å². The van der Waals surface area contributed by atoms with Gasteiger partial charge in [0.15, 0.2) is 0 Å². The Morgan fingerprint density at radius 2 is 1.90 bits per heavy atom. The monoisotopic (exact) mass is 422 g/mol. The molecule has 10 heteroatoms. The summed E-state index contributed by atoms with van der Waals surface area (Å²) in [5.74, 6) is 2.11. The third-order valence-corrected chi connectivity index (χ3v) is 6.42. The lowest BCUT2D eigenvalue weighted by Crippen LogP contribution is -2.51. The molecule has 0 bridgehead atoms. The molecule has 158 valence electrons. The maximum absolute atomic E-state index is 12.9. The van der Waals surface area contributed by atoms with Crippen molar-refractivity contribution in [2.45, 2.75) is 4.90 Å². The topological polar surface area (TPSA) is 99.3 Å². The zero-order valence-corrected chi connectivity index (χ0v) is 17.7. The van der Waals surface area contributed by atoms with Crippen molar-refractivity contribution in [1.29, 1.82) is 0 Å². The molecule has 9 nitrogen and oxygen atoms in total. The lowest BCUT2D eigenvalue weighted by Gasteiger charge is -2.34. The molecule has 1 N–H and O–H groups in total. The molecule has 1 fully saturated rings. The first-order valence-corrected chi connectivity index (χ1v) is 10.5. The van der Waals surface area contributed by atoms with Crippen LogP contribution in [0, 0.1) is 12.3 Å². The fraction of sp³-hybridized carbons (Fsp3) is 0.474. The zero-order chi connectivity index (χ0) is 21.6. The number of nitrogens with zero attached hydrogens (tertiary/aromatic N) is 3. The summed E-state index contributed by atoms with van der Waals surface area (Å²) in [4.78, 5) is 28.2. The van der Waals surface area contributed by atoms with Gasteiger partial charge in [-0.2, -0.15) is 0 Å². The Morgan fingerprint density at radius 3 is 2.45 bits per heavy atom. The Balaban J connectivity index is 2.08. The van der Waals surface area contributed by atoms with Crippen molar-refractivity contribution in [2.75, 3.05) is 60.5 Å². The van der Waals surface area contributed by atoms with Crippen molar-refractivity contribution in [1.82, 2.24) is 19.4 Å². The van der Waals surface area contributed by atoms with E-state index in [4.69, 9.17) is 11.2 Å². The van der Waals surface area contributed by atoms with Gasteiger partial charge in [0.2, 0.25) is 15.9 Å². The number of nitrogens with one attached hydrogen (secondary N) is 1. The van der Waals surface area contributed by atoms with Crippen LogP contribution in [0.3, 0.4) is 0 Å². The molecular formula is C19H26N4O5S. The molecule has 2 amide bonds. The molecule has 29 heavy (non-hydrogen) atoms. The predicted molar refractivity (Wildman–Crippen MR) is 108 cm³/mol. The Kier molecular flexibility index (Phi) is 7.61. The summed E-state index contributed by atoms with van der Waals surface area (Å²) in [6.45, 7) is 2.35. The minimum atomic E-state index is -3.77. The van der Waals surface area contributed by atoms with Crippen LogP contribution in [0.2, 0.25) is 0 Å². The summed E-state index contributed by atoms with van der Waals surface area (Å²) in [6.07, 6.45) is 5.12. The van der Waals surface area contributed by atoms with E-state index in [2.05, 4.69) is 11.2 Å². The quantitative estimate of drug-likeness (QED) is 0.592. The number of ether oxygens (including phenoxy) is 1. The van der Waals surface area contributed by atoms with E-state index in [1.165, 1.54) is 33.3 Å². The molecule has 0 aliphatic carbocycles. The molecule has 1 aromatic rings. The molecular weight excluding hydrogens is 396 g/mol. The average molecular weight is 423 g/mol. The van der Waals surface area contributed by atoms with E-state index in [0.717, 1.165) is 4.31 Å². The van der Waals surface area contributed by atoms with Crippen LogP contribution in [-0.2, 0) is 14.8 Å². The Labute approximate surface area is 171 Å². The largest absolute Gasteiger partial charge is 0.495 e. The van der Waals surface area contributed by atoms with E-state index >= 15 is 0 Å². The summed E-state index contributed by atoms with van der Waals surface area (Å²) in [5, 5.41) is 2.61. The van der Waals surface area contributed by atoms with Gasteiger partial charge < -0.3 is 15.0 Å². The summed E-state index contributed by atoms with van der Waals surface area (Å²) in [5.41, 5.74) is 0.270. The van der Waals surface area contributed by atoms with Crippen molar-refractivity contribution in [2.24, 2.45) is 0 Å². The molecule has 2 rings (SSSR count). The number of sulfonamides is 1. The van der Waals surface area contributed by atoms with Crippen molar-refractivity contribution >= 4 is 21.8 Å². The molecule has 0 radical (unpaired) electrons. The van der Waals surface area contributed by atoms with E-state index in [1.54, 1.807) is 11.0 Å². The number of carbonyl (C=O) groups excluding carboxylic acids is 2. The van der Waals surface area contributed by atoms with Crippen molar-refractivity contribution < 1.29 is 22.7 Å². The van der Waals surface area contributed by atoms with Crippen LogP contribution in [0.25, 0.3) is 0 Å². The number of carbonyl (C=O) groups is 2. The minimum absolute atomic E-state index is 0.0559. The minimum Gasteiger partial charge on any atom is -0.495 e. The molecule has 0 unspecified atom stereocenters. The maximum Gasteiger partial charge on any atom is 0.253 e. The number of hydrogen-bond donors (Lipinski definition) is 1. The van der Waals surface area contributed by atoms with Crippen LogP contribution in [0.15, 0.2) is 23.1 Å². The van der Waals surface area contributed by atoms with Gasteiger partial charge in [0.1, 0.15) is 10.6 Å². The van der Waals surface area contributed by atoms with Crippen LogP contribution < -0.4 is 10.1 Å². The van der Waals surface area contributed by atoms with Crippen molar-refractivity contribution in [3.05, 3.63) is 23.8 Å². The van der Waals surface area contributed by atoms with Crippen LogP contribution >= 0.6 is 0 Å². The molecule has 1 aliphatic rings. The van der Waals surface area contributed by atoms with Crippen LogP contribution in [0.5, 0.6) is 5.75 Å². The average Bonchev–Trinajstić information content (AvgIpc) is 2.71. The molecule has 0 spiro atoms. The van der Waals surface area contributed by atoms with Gasteiger partial charge in [0, 0.05) is 45.8 Å². The smallest absolute Gasteiger partial charge is 0.253 e. The van der Waals surface area contributed by atoms with E-state index in [1.807, 2.05) is 4.90 Å². The van der Waals surface area contributed by atoms with Crippen molar-refractivity contribution in [3.63, 3.8) is 0 Å². The van der Waals surface area contributed by atoms with Crippen LogP contribution in [-0.4, -0.2) is 94.8 Å². The Morgan fingerprint density at radius 1 is 1.24 bits per heavy atom. The van der Waals surface area contributed by atoms with Crippen LogP contribution in [0.1, 0.15) is 10.4 Å². The first-order valence-electron chi connectivity index (χ1n) is 9.03. The molecule has 0 saturated carbocycles. The van der Waals surface area contributed by atoms with Gasteiger partial charge in [-0.15, -0.1) is 6.42 Å². The Hall–Kier alpha value is -2.61. The number of piperazine rings is 1. The number of terminal acetylenes is 1. The van der Waals surface area contributed by atoms with E-state index in [-0.39, 0.29) is 41.1 Å². The van der Waals surface area contributed by atoms with E-state index < -0.39 is 10.0 Å². The summed E-state index contributed by atoms with van der Waals surface area (Å²) in [6, 6.07) is 4.38. The zero-order valence-electron chi connectivity index (χ0n) is 16.8. The summed E-state index contributed by atoms with van der Waals surface area (Å²) >= 11 is 0. The summed E-state index contributed by atoms with van der Waals surface area (Å²) < 4.78 is 31.3. The normalized spacial score (nSPS) is 15.1. The lowest BCUT2D eigenvalue weighted by molar-refractivity contribution is -0.122. The molecule has 0 atom stereocenters.